The number of carbonyl (C=O) groups is 1. The van der Waals surface area contributed by atoms with Crippen LogP contribution in [0.3, 0.4) is 0 Å². The van der Waals surface area contributed by atoms with Gasteiger partial charge in [-0.05, 0) is 18.6 Å². The van der Waals surface area contributed by atoms with Crippen LogP contribution in [-0.4, -0.2) is 11.1 Å². The number of hydrogen-bond donors (Lipinski definition) is 1. The Kier molecular flexibility index (Phi) is 3.74. The highest BCUT2D eigenvalue weighted by Crippen LogP contribution is 1.79. The molecule has 0 bridgehead atoms. The van der Waals surface area contributed by atoms with Gasteiger partial charge in [0.05, 0.1) is 0 Å². The van der Waals surface area contributed by atoms with E-state index in [0.29, 0.717) is 0 Å². The van der Waals surface area contributed by atoms with Gasteiger partial charge in [0.25, 0.3) is 0 Å². The molecule has 0 aliphatic rings. The van der Waals surface area contributed by atoms with Crippen LogP contribution >= 0.6 is 0 Å². The van der Waals surface area contributed by atoms with E-state index in [4.69, 9.17) is 5.11 Å². The first kappa shape index (κ1) is 8.51. The van der Waals surface area contributed by atoms with E-state index in [-0.39, 0.29) is 0 Å². The molecule has 0 aliphatic heterocycles. The van der Waals surface area contributed by atoms with Crippen LogP contribution in [0.1, 0.15) is 6.92 Å². The van der Waals surface area contributed by atoms with Crippen molar-refractivity contribution in [1.82, 2.24) is 0 Å². The monoisotopic (exact) mass is 136 g/mol. The van der Waals surface area contributed by atoms with E-state index in [1.54, 1.807) is 6.92 Å². The molecule has 52 valence electrons. The summed E-state index contributed by atoms with van der Waals surface area (Å²) >= 11 is 0. The topological polar surface area (TPSA) is 37.3 Å². The SMILES string of the molecule is C=C(C)C#C/C=C\C(=O)O. The number of carboxylic acid groups (broad SMARTS) is 1. The summed E-state index contributed by atoms with van der Waals surface area (Å²) in [5.74, 6) is 4.12. The van der Waals surface area contributed by atoms with Crippen molar-refractivity contribution in [2.75, 3.05) is 0 Å². The fourth-order valence-electron chi connectivity index (χ4n) is 0.278. The van der Waals surface area contributed by atoms with Crippen LogP contribution in [0.5, 0.6) is 0 Å². The van der Waals surface area contributed by atoms with Gasteiger partial charge in [-0.1, -0.05) is 18.4 Å². The Morgan fingerprint density at radius 3 is 2.70 bits per heavy atom. The van der Waals surface area contributed by atoms with Crippen LogP contribution in [0.15, 0.2) is 24.3 Å². The summed E-state index contributed by atoms with van der Waals surface area (Å²) in [6, 6.07) is 0. The van der Waals surface area contributed by atoms with E-state index in [9.17, 15) is 4.79 Å². The van der Waals surface area contributed by atoms with Crippen LogP contribution in [-0.2, 0) is 4.79 Å². The largest absolute Gasteiger partial charge is 0.478 e. The Hall–Kier alpha value is -1.49. The summed E-state index contributed by atoms with van der Waals surface area (Å²) in [6.45, 7) is 5.27. The molecular formula is C8H8O2. The highest BCUT2D eigenvalue weighted by Gasteiger charge is 1.79. The predicted molar refractivity (Wildman–Crippen MR) is 39.4 cm³/mol. The van der Waals surface area contributed by atoms with Crippen molar-refractivity contribution in [1.29, 1.82) is 0 Å². The molecule has 0 fully saturated rings. The Morgan fingerprint density at radius 1 is 1.70 bits per heavy atom. The van der Waals surface area contributed by atoms with Crippen LogP contribution in [0.25, 0.3) is 0 Å². The molecule has 10 heavy (non-hydrogen) atoms. The number of allylic oxidation sites excluding steroid dienone is 2. The van der Waals surface area contributed by atoms with E-state index in [0.717, 1.165) is 11.6 Å². The van der Waals surface area contributed by atoms with Crippen molar-refractivity contribution in [3.05, 3.63) is 24.3 Å². The van der Waals surface area contributed by atoms with Crippen LogP contribution in [0, 0.1) is 11.8 Å². The lowest BCUT2D eigenvalue weighted by Gasteiger charge is -1.74. The second-order valence-electron chi connectivity index (χ2n) is 1.72. The lowest BCUT2D eigenvalue weighted by molar-refractivity contribution is -0.131. The molecule has 0 aromatic rings. The molecule has 0 aromatic heterocycles. The van der Waals surface area contributed by atoms with Crippen molar-refractivity contribution < 1.29 is 9.90 Å². The first-order chi connectivity index (χ1) is 4.63. The van der Waals surface area contributed by atoms with Gasteiger partial charge in [0.2, 0.25) is 0 Å². The Labute approximate surface area is 59.9 Å². The first-order valence-electron chi connectivity index (χ1n) is 2.69. The lowest BCUT2D eigenvalue weighted by Crippen LogP contribution is -1.84. The quantitative estimate of drug-likeness (QED) is 0.434. The van der Waals surface area contributed by atoms with E-state index in [1.807, 2.05) is 0 Å². The molecule has 0 spiro atoms. The van der Waals surface area contributed by atoms with Gasteiger partial charge in [-0.3, -0.25) is 0 Å². The fraction of sp³-hybridized carbons (Fsp3) is 0.125. The maximum atomic E-state index is 9.87. The summed E-state index contributed by atoms with van der Waals surface area (Å²) < 4.78 is 0. The van der Waals surface area contributed by atoms with Crippen molar-refractivity contribution in [3.8, 4) is 11.8 Å². The van der Waals surface area contributed by atoms with Gasteiger partial charge < -0.3 is 5.11 Å². The van der Waals surface area contributed by atoms with E-state index < -0.39 is 5.97 Å². The summed E-state index contributed by atoms with van der Waals surface area (Å²) in [5.41, 5.74) is 0.718. The van der Waals surface area contributed by atoms with Gasteiger partial charge in [0.1, 0.15) is 0 Å². The smallest absolute Gasteiger partial charge is 0.328 e. The van der Waals surface area contributed by atoms with Gasteiger partial charge in [-0.2, -0.15) is 0 Å². The van der Waals surface area contributed by atoms with Crippen LogP contribution in [0.4, 0.5) is 0 Å². The average Bonchev–Trinajstić information content (AvgIpc) is 1.79. The van der Waals surface area contributed by atoms with Crippen LogP contribution < -0.4 is 0 Å². The van der Waals surface area contributed by atoms with Crippen molar-refractivity contribution in [2.24, 2.45) is 0 Å². The molecule has 2 heteroatoms. The van der Waals surface area contributed by atoms with E-state index in [1.165, 1.54) is 6.08 Å². The molecule has 2 nitrogen and oxygen atoms in total. The van der Waals surface area contributed by atoms with Gasteiger partial charge in [-0.15, -0.1) is 0 Å². The minimum atomic E-state index is -0.990. The molecule has 0 saturated heterocycles. The Balaban J connectivity index is 3.87. The molecule has 0 saturated carbocycles. The lowest BCUT2D eigenvalue weighted by atomic mass is 10.3. The maximum absolute atomic E-state index is 9.87. The van der Waals surface area contributed by atoms with Gasteiger partial charge >= 0.3 is 5.97 Å². The predicted octanol–water partition coefficient (Wildman–Crippen LogP) is 1.21. The summed E-state index contributed by atoms with van der Waals surface area (Å²) in [6.07, 6.45) is 2.26. The second-order valence-corrected chi connectivity index (χ2v) is 1.72. The molecule has 0 atom stereocenters. The maximum Gasteiger partial charge on any atom is 0.328 e. The van der Waals surface area contributed by atoms with E-state index in [2.05, 4.69) is 18.4 Å². The number of carboxylic acids is 1. The minimum Gasteiger partial charge on any atom is -0.478 e. The molecule has 1 N–H and O–H groups in total. The summed E-state index contributed by atoms with van der Waals surface area (Å²) in [7, 11) is 0. The van der Waals surface area contributed by atoms with Gasteiger partial charge in [0, 0.05) is 6.08 Å². The normalized spacial score (nSPS) is 8.50. The van der Waals surface area contributed by atoms with Crippen molar-refractivity contribution >= 4 is 5.97 Å². The third-order valence-electron chi connectivity index (χ3n) is 0.595. The second kappa shape index (κ2) is 4.39. The van der Waals surface area contributed by atoms with Crippen LogP contribution in [0.2, 0.25) is 0 Å². The standard InChI is InChI=1S/C8H8O2/c1-7(2)5-3-4-6-8(9)10/h4,6H,1H2,2H3,(H,9,10)/b6-4-. The third-order valence-corrected chi connectivity index (χ3v) is 0.595. The average molecular weight is 136 g/mol. The van der Waals surface area contributed by atoms with Crippen molar-refractivity contribution in [2.45, 2.75) is 6.92 Å². The summed E-state index contributed by atoms with van der Waals surface area (Å²) in [4.78, 5) is 9.87. The molecule has 0 radical (unpaired) electrons. The van der Waals surface area contributed by atoms with Gasteiger partial charge in [-0.25, -0.2) is 4.79 Å². The number of aliphatic carboxylic acids is 1. The molecule has 0 rings (SSSR count). The third kappa shape index (κ3) is 6.51. The molecule has 0 aliphatic carbocycles. The fourth-order valence-corrected chi connectivity index (χ4v) is 0.278. The zero-order valence-electron chi connectivity index (χ0n) is 5.72. The number of rotatable bonds is 1. The number of hydrogen-bond acceptors (Lipinski definition) is 1. The molecule has 0 heterocycles. The molecule has 0 aromatic carbocycles. The first-order valence-corrected chi connectivity index (χ1v) is 2.69. The minimum absolute atomic E-state index is 0.718. The zero-order chi connectivity index (χ0) is 7.98. The summed E-state index contributed by atoms with van der Waals surface area (Å²) in [5, 5.41) is 8.10. The van der Waals surface area contributed by atoms with Crippen molar-refractivity contribution in [3.63, 3.8) is 0 Å². The van der Waals surface area contributed by atoms with E-state index >= 15 is 0 Å². The molecular weight excluding hydrogens is 128 g/mol. The van der Waals surface area contributed by atoms with Gasteiger partial charge in [0.15, 0.2) is 0 Å². The molecule has 0 amide bonds. The Bertz CT molecular complexity index is 225. The Morgan fingerprint density at radius 2 is 2.30 bits per heavy atom. The zero-order valence-corrected chi connectivity index (χ0v) is 5.72. The highest BCUT2D eigenvalue weighted by atomic mass is 16.4. The molecule has 0 unspecified atom stereocenters. The highest BCUT2D eigenvalue weighted by molar-refractivity contribution is 5.80.